The highest BCUT2D eigenvalue weighted by Crippen LogP contribution is 2.23. The number of aromatic amines is 1. The summed E-state index contributed by atoms with van der Waals surface area (Å²) in [6.45, 7) is 3.22. The molecule has 0 saturated heterocycles. The first-order chi connectivity index (χ1) is 6.86. The molecule has 1 aromatic rings. The van der Waals surface area contributed by atoms with E-state index in [1.54, 1.807) is 6.20 Å². The molecule has 1 saturated carbocycles. The second-order valence-corrected chi connectivity index (χ2v) is 4.29. The SMILES string of the molecule is CC1CCCCC1NCc1ncc[nH]1. The van der Waals surface area contributed by atoms with Gasteiger partial charge in [0.25, 0.3) is 0 Å². The molecule has 2 rings (SSSR count). The fourth-order valence-corrected chi connectivity index (χ4v) is 2.24. The second kappa shape index (κ2) is 4.60. The first-order valence-corrected chi connectivity index (χ1v) is 5.58. The molecule has 0 bridgehead atoms. The molecule has 2 atom stereocenters. The summed E-state index contributed by atoms with van der Waals surface area (Å²) in [4.78, 5) is 7.33. The summed E-state index contributed by atoms with van der Waals surface area (Å²) in [7, 11) is 0. The topological polar surface area (TPSA) is 40.7 Å². The lowest BCUT2D eigenvalue weighted by atomic mass is 9.86. The Kier molecular flexibility index (Phi) is 3.19. The molecule has 2 unspecified atom stereocenters. The van der Waals surface area contributed by atoms with Gasteiger partial charge >= 0.3 is 0 Å². The lowest BCUT2D eigenvalue weighted by Gasteiger charge is -2.29. The van der Waals surface area contributed by atoms with Crippen LogP contribution in [0.1, 0.15) is 38.4 Å². The van der Waals surface area contributed by atoms with E-state index in [-0.39, 0.29) is 0 Å². The van der Waals surface area contributed by atoms with Crippen LogP contribution >= 0.6 is 0 Å². The Morgan fingerprint density at radius 2 is 2.36 bits per heavy atom. The van der Waals surface area contributed by atoms with Crippen LogP contribution in [0, 0.1) is 5.92 Å². The van der Waals surface area contributed by atoms with E-state index < -0.39 is 0 Å². The van der Waals surface area contributed by atoms with E-state index >= 15 is 0 Å². The van der Waals surface area contributed by atoms with Gasteiger partial charge in [-0.05, 0) is 18.8 Å². The third-order valence-corrected chi connectivity index (χ3v) is 3.20. The van der Waals surface area contributed by atoms with E-state index in [0.29, 0.717) is 6.04 Å². The number of hydrogen-bond donors (Lipinski definition) is 2. The summed E-state index contributed by atoms with van der Waals surface area (Å²) in [5.41, 5.74) is 0. The summed E-state index contributed by atoms with van der Waals surface area (Å²) in [5, 5.41) is 3.58. The predicted octanol–water partition coefficient (Wildman–Crippen LogP) is 2.08. The molecule has 0 aliphatic heterocycles. The van der Waals surface area contributed by atoms with Gasteiger partial charge in [0, 0.05) is 18.4 Å². The normalized spacial score (nSPS) is 27.8. The summed E-state index contributed by atoms with van der Waals surface area (Å²) in [6, 6.07) is 0.689. The van der Waals surface area contributed by atoms with Crippen LogP contribution in [0.2, 0.25) is 0 Å². The zero-order valence-corrected chi connectivity index (χ0v) is 8.79. The van der Waals surface area contributed by atoms with Crippen LogP contribution < -0.4 is 5.32 Å². The van der Waals surface area contributed by atoms with E-state index in [4.69, 9.17) is 0 Å². The van der Waals surface area contributed by atoms with Crippen molar-refractivity contribution < 1.29 is 0 Å². The van der Waals surface area contributed by atoms with E-state index in [1.807, 2.05) is 6.20 Å². The standard InChI is InChI=1S/C11H19N3/c1-9-4-2-3-5-10(9)14-8-11-12-6-7-13-11/h6-7,9-10,14H,2-5,8H2,1H3,(H,12,13). The lowest BCUT2D eigenvalue weighted by Crippen LogP contribution is -2.36. The van der Waals surface area contributed by atoms with Gasteiger partial charge in [0.15, 0.2) is 0 Å². The first kappa shape index (κ1) is 9.71. The smallest absolute Gasteiger partial charge is 0.120 e. The average molecular weight is 193 g/mol. The summed E-state index contributed by atoms with van der Waals surface area (Å²) in [6.07, 6.45) is 9.15. The van der Waals surface area contributed by atoms with Gasteiger partial charge in [-0.15, -0.1) is 0 Å². The highest BCUT2D eigenvalue weighted by atomic mass is 15.0. The molecule has 78 valence electrons. The average Bonchev–Trinajstić information content (AvgIpc) is 2.69. The van der Waals surface area contributed by atoms with Gasteiger partial charge in [-0.2, -0.15) is 0 Å². The van der Waals surface area contributed by atoms with Crippen LogP contribution in [0.25, 0.3) is 0 Å². The van der Waals surface area contributed by atoms with Crippen LogP contribution in [-0.2, 0) is 6.54 Å². The van der Waals surface area contributed by atoms with Crippen LogP contribution in [-0.4, -0.2) is 16.0 Å². The molecule has 2 N–H and O–H groups in total. The third kappa shape index (κ3) is 2.35. The second-order valence-electron chi connectivity index (χ2n) is 4.29. The number of aromatic nitrogens is 2. The van der Waals surface area contributed by atoms with Crippen molar-refractivity contribution in [3.8, 4) is 0 Å². The molecule has 14 heavy (non-hydrogen) atoms. The largest absolute Gasteiger partial charge is 0.348 e. The zero-order valence-electron chi connectivity index (χ0n) is 8.79. The van der Waals surface area contributed by atoms with E-state index in [0.717, 1.165) is 18.3 Å². The minimum atomic E-state index is 0.689. The van der Waals surface area contributed by atoms with E-state index in [2.05, 4.69) is 22.2 Å². The Bertz CT molecular complexity index is 256. The fourth-order valence-electron chi connectivity index (χ4n) is 2.24. The van der Waals surface area contributed by atoms with Gasteiger partial charge in [-0.1, -0.05) is 19.8 Å². The maximum atomic E-state index is 4.21. The van der Waals surface area contributed by atoms with Crippen LogP contribution in [0.4, 0.5) is 0 Å². The van der Waals surface area contributed by atoms with Gasteiger partial charge in [-0.3, -0.25) is 0 Å². The van der Waals surface area contributed by atoms with Crippen molar-refractivity contribution in [3.05, 3.63) is 18.2 Å². The van der Waals surface area contributed by atoms with Gasteiger partial charge in [0.1, 0.15) is 5.82 Å². The molecule has 1 aromatic heterocycles. The van der Waals surface area contributed by atoms with E-state index in [1.165, 1.54) is 25.7 Å². The monoisotopic (exact) mass is 193 g/mol. The summed E-state index contributed by atoms with van der Waals surface area (Å²) >= 11 is 0. The Balaban J connectivity index is 1.79. The molecule has 1 aliphatic rings. The van der Waals surface area contributed by atoms with Gasteiger partial charge in [0.2, 0.25) is 0 Å². The number of hydrogen-bond acceptors (Lipinski definition) is 2. The highest BCUT2D eigenvalue weighted by molar-refractivity contribution is 4.88. The van der Waals surface area contributed by atoms with Gasteiger partial charge in [0.05, 0.1) is 6.54 Å². The molecule has 3 nitrogen and oxygen atoms in total. The van der Waals surface area contributed by atoms with Crippen molar-refractivity contribution in [2.75, 3.05) is 0 Å². The molecular weight excluding hydrogens is 174 g/mol. The number of nitrogens with one attached hydrogen (secondary N) is 2. The highest BCUT2D eigenvalue weighted by Gasteiger charge is 2.20. The molecular formula is C11H19N3. The lowest BCUT2D eigenvalue weighted by molar-refractivity contribution is 0.278. The van der Waals surface area contributed by atoms with Crippen molar-refractivity contribution in [3.63, 3.8) is 0 Å². The number of imidazole rings is 1. The van der Waals surface area contributed by atoms with E-state index in [9.17, 15) is 0 Å². The number of nitrogens with zero attached hydrogens (tertiary/aromatic N) is 1. The molecule has 0 radical (unpaired) electrons. The first-order valence-electron chi connectivity index (χ1n) is 5.58. The molecule has 0 spiro atoms. The zero-order chi connectivity index (χ0) is 9.80. The van der Waals surface area contributed by atoms with Crippen molar-refractivity contribution in [1.29, 1.82) is 0 Å². The quantitative estimate of drug-likeness (QED) is 0.771. The van der Waals surface area contributed by atoms with Gasteiger partial charge in [-0.25, -0.2) is 4.98 Å². The maximum Gasteiger partial charge on any atom is 0.120 e. The summed E-state index contributed by atoms with van der Waals surface area (Å²) < 4.78 is 0. The third-order valence-electron chi connectivity index (χ3n) is 3.20. The van der Waals surface area contributed by atoms with Gasteiger partial charge < -0.3 is 10.3 Å². The molecule has 1 aliphatic carbocycles. The maximum absolute atomic E-state index is 4.21. The van der Waals surface area contributed by atoms with Crippen LogP contribution in [0.3, 0.4) is 0 Å². The minimum absolute atomic E-state index is 0.689. The molecule has 1 fully saturated rings. The number of rotatable bonds is 3. The van der Waals surface area contributed by atoms with Crippen LogP contribution in [0.15, 0.2) is 12.4 Å². The molecule has 3 heteroatoms. The fraction of sp³-hybridized carbons (Fsp3) is 0.727. The predicted molar refractivity (Wildman–Crippen MR) is 56.8 cm³/mol. The Morgan fingerprint density at radius 1 is 1.50 bits per heavy atom. The van der Waals surface area contributed by atoms with Crippen molar-refractivity contribution >= 4 is 0 Å². The molecule has 0 amide bonds. The van der Waals surface area contributed by atoms with Crippen molar-refractivity contribution in [1.82, 2.24) is 15.3 Å². The van der Waals surface area contributed by atoms with Crippen molar-refractivity contribution in [2.45, 2.75) is 45.2 Å². The number of H-pyrrole nitrogens is 1. The van der Waals surface area contributed by atoms with Crippen LogP contribution in [0.5, 0.6) is 0 Å². The molecule has 0 aromatic carbocycles. The Morgan fingerprint density at radius 3 is 3.07 bits per heavy atom. The minimum Gasteiger partial charge on any atom is -0.348 e. The Labute approximate surface area is 85.3 Å². The summed E-state index contributed by atoms with van der Waals surface area (Å²) in [5.74, 6) is 1.86. The molecule has 1 heterocycles. The van der Waals surface area contributed by atoms with Crippen molar-refractivity contribution in [2.24, 2.45) is 5.92 Å². The Hall–Kier alpha value is -0.830.